The van der Waals surface area contributed by atoms with Crippen LogP contribution in [-0.2, 0) is 4.79 Å². The zero-order valence-electron chi connectivity index (χ0n) is 12.3. The van der Waals surface area contributed by atoms with Gasteiger partial charge in [0.1, 0.15) is 6.04 Å². The van der Waals surface area contributed by atoms with E-state index in [1.807, 2.05) is 13.8 Å². The van der Waals surface area contributed by atoms with E-state index in [9.17, 15) is 14.7 Å². The Bertz CT molecular complexity index is 333. The van der Waals surface area contributed by atoms with Gasteiger partial charge in [0, 0.05) is 19.7 Å². The summed E-state index contributed by atoms with van der Waals surface area (Å²) in [7, 11) is 0. The minimum absolute atomic E-state index is 0.102. The van der Waals surface area contributed by atoms with Crippen molar-refractivity contribution in [3.05, 3.63) is 0 Å². The molecule has 1 aliphatic heterocycles. The van der Waals surface area contributed by atoms with Crippen molar-refractivity contribution in [3.8, 4) is 0 Å². The largest absolute Gasteiger partial charge is 0.480 e. The smallest absolute Gasteiger partial charge is 0.326 e. The Kier molecular flexibility index (Phi) is 6.78. The molecule has 6 nitrogen and oxygen atoms in total. The monoisotopic (exact) mass is 286 g/mol. The predicted molar refractivity (Wildman–Crippen MR) is 75.4 cm³/mol. The molecule has 2 amide bonds. The third kappa shape index (κ3) is 4.67. The highest BCUT2D eigenvalue weighted by Gasteiger charge is 2.29. The number of carboxylic acid groups (broad SMARTS) is 1. The van der Waals surface area contributed by atoms with Gasteiger partial charge in [-0.05, 0) is 31.1 Å². The highest BCUT2D eigenvalue weighted by atomic mass is 16.4. The Morgan fingerprint density at radius 1 is 1.45 bits per heavy atom. The van der Waals surface area contributed by atoms with Crippen molar-refractivity contribution in [1.29, 1.82) is 0 Å². The molecule has 1 heterocycles. The molecule has 0 saturated carbocycles. The number of hydrogen-bond acceptors (Lipinski definition) is 3. The minimum atomic E-state index is -0.989. The van der Waals surface area contributed by atoms with Crippen LogP contribution in [0, 0.1) is 11.8 Å². The second-order valence-corrected chi connectivity index (χ2v) is 5.62. The Morgan fingerprint density at radius 2 is 2.15 bits per heavy atom. The number of urea groups is 1. The first-order valence-electron chi connectivity index (χ1n) is 7.38. The van der Waals surface area contributed by atoms with Crippen LogP contribution in [0.3, 0.4) is 0 Å². The first-order valence-corrected chi connectivity index (χ1v) is 7.38. The maximum atomic E-state index is 12.2. The summed E-state index contributed by atoms with van der Waals surface area (Å²) in [5.41, 5.74) is 0. The van der Waals surface area contributed by atoms with Crippen LogP contribution in [0.1, 0.15) is 39.5 Å². The Labute approximate surface area is 120 Å². The summed E-state index contributed by atoms with van der Waals surface area (Å²) >= 11 is 0. The minimum Gasteiger partial charge on any atom is -0.480 e. The van der Waals surface area contributed by atoms with Crippen LogP contribution in [0.2, 0.25) is 0 Å². The van der Waals surface area contributed by atoms with Crippen LogP contribution in [0.5, 0.6) is 0 Å². The Hall–Kier alpha value is -1.30. The third-order valence-corrected chi connectivity index (χ3v) is 4.10. The van der Waals surface area contributed by atoms with E-state index in [1.54, 1.807) is 4.90 Å². The van der Waals surface area contributed by atoms with E-state index in [0.29, 0.717) is 31.8 Å². The van der Waals surface area contributed by atoms with Crippen molar-refractivity contribution in [2.75, 3.05) is 19.7 Å². The number of amides is 2. The lowest BCUT2D eigenvalue weighted by Crippen LogP contribution is -2.52. The molecule has 3 atom stereocenters. The molecule has 0 bridgehead atoms. The van der Waals surface area contributed by atoms with Crippen molar-refractivity contribution in [2.24, 2.45) is 11.8 Å². The van der Waals surface area contributed by atoms with Gasteiger partial charge in [0.25, 0.3) is 0 Å². The molecule has 0 radical (unpaired) electrons. The van der Waals surface area contributed by atoms with Gasteiger partial charge in [0.2, 0.25) is 0 Å². The number of aliphatic hydroxyl groups excluding tert-OH is 1. The summed E-state index contributed by atoms with van der Waals surface area (Å²) in [4.78, 5) is 25.1. The molecule has 3 N–H and O–H groups in total. The van der Waals surface area contributed by atoms with Gasteiger partial charge < -0.3 is 20.4 Å². The van der Waals surface area contributed by atoms with Gasteiger partial charge in [0.15, 0.2) is 0 Å². The Balaban J connectivity index is 2.57. The molecule has 0 spiro atoms. The molecule has 3 unspecified atom stereocenters. The van der Waals surface area contributed by atoms with Gasteiger partial charge in [-0.15, -0.1) is 0 Å². The van der Waals surface area contributed by atoms with E-state index < -0.39 is 12.0 Å². The zero-order valence-corrected chi connectivity index (χ0v) is 12.3. The lowest BCUT2D eigenvalue weighted by molar-refractivity contribution is -0.140. The zero-order chi connectivity index (χ0) is 15.1. The molecular weight excluding hydrogens is 260 g/mol. The average Bonchev–Trinajstić information content (AvgIpc) is 2.44. The van der Waals surface area contributed by atoms with Crippen molar-refractivity contribution >= 4 is 12.0 Å². The number of carbonyl (C=O) groups excluding carboxylic acids is 1. The van der Waals surface area contributed by atoms with Crippen LogP contribution in [0.15, 0.2) is 0 Å². The number of nitrogens with zero attached hydrogens (tertiary/aromatic N) is 1. The SMILES string of the molecule is CCC(C)C(NC(=O)N1CCCC(CCO)C1)C(=O)O. The van der Waals surface area contributed by atoms with Gasteiger partial charge in [-0.25, -0.2) is 9.59 Å². The Morgan fingerprint density at radius 3 is 2.70 bits per heavy atom. The molecule has 20 heavy (non-hydrogen) atoms. The van der Waals surface area contributed by atoms with Crippen LogP contribution in [-0.4, -0.2) is 52.9 Å². The molecule has 116 valence electrons. The number of hydrogen-bond donors (Lipinski definition) is 3. The number of aliphatic hydroxyl groups is 1. The van der Waals surface area contributed by atoms with E-state index in [4.69, 9.17) is 5.11 Å². The lowest BCUT2D eigenvalue weighted by Gasteiger charge is -2.34. The summed E-state index contributed by atoms with van der Waals surface area (Å²) < 4.78 is 0. The van der Waals surface area contributed by atoms with Crippen molar-refractivity contribution in [3.63, 3.8) is 0 Å². The topological polar surface area (TPSA) is 89.9 Å². The molecule has 0 aromatic carbocycles. The number of likely N-dealkylation sites (tertiary alicyclic amines) is 1. The number of nitrogens with one attached hydrogen (secondary N) is 1. The summed E-state index contributed by atoms with van der Waals surface area (Å²) in [6.07, 6.45) is 3.30. The summed E-state index contributed by atoms with van der Waals surface area (Å²) in [5.74, 6) is -0.780. The van der Waals surface area contributed by atoms with Crippen molar-refractivity contribution in [2.45, 2.75) is 45.6 Å². The quantitative estimate of drug-likeness (QED) is 0.686. The van der Waals surface area contributed by atoms with E-state index >= 15 is 0 Å². The van der Waals surface area contributed by atoms with E-state index in [-0.39, 0.29) is 18.6 Å². The fraction of sp³-hybridized carbons (Fsp3) is 0.857. The molecule has 1 rings (SSSR count). The molecule has 1 aliphatic rings. The van der Waals surface area contributed by atoms with Crippen LogP contribution < -0.4 is 5.32 Å². The number of carboxylic acids is 1. The number of rotatable bonds is 6. The van der Waals surface area contributed by atoms with E-state index in [0.717, 1.165) is 12.8 Å². The average molecular weight is 286 g/mol. The van der Waals surface area contributed by atoms with Gasteiger partial charge in [-0.1, -0.05) is 20.3 Å². The van der Waals surface area contributed by atoms with Crippen LogP contribution in [0.25, 0.3) is 0 Å². The number of carbonyl (C=O) groups is 2. The molecule has 1 fully saturated rings. The maximum absolute atomic E-state index is 12.2. The first-order chi connectivity index (χ1) is 9.49. The second kappa shape index (κ2) is 8.09. The van der Waals surface area contributed by atoms with Gasteiger partial charge >= 0.3 is 12.0 Å². The van der Waals surface area contributed by atoms with Gasteiger partial charge in [0.05, 0.1) is 0 Å². The summed E-state index contributed by atoms with van der Waals surface area (Å²) in [6.45, 7) is 5.11. The fourth-order valence-electron chi connectivity index (χ4n) is 2.58. The number of aliphatic carboxylic acids is 1. The molecule has 0 aliphatic carbocycles. The highest BCUT2D eigenvalue weighted by Crippen LogP contribution is 2.19. The molecule has 6 heteroatoms. The van der Waals surface area contributed by atoms with Crippen molar-refractivity contribution in [1.82, 2.24) is 10.2 Å². The summed E-state index contributed by atoms with van der Waals surface area (Å²) in [5, 5.41) is 20.8. The maximum Gasteiger partial charge on any atom is 0.326 e. The van der Waals surface area contributed by atoms with E-state index in [1.165, 1.54) is 0 Å². The molecule has 0 aromatic rings. The standard InChI is InChI=1S/C14H26N2O4/c1-3-10(2)12(13(18)19)15-14(20)16-7-4-5-11(9-16)6-8-17/h10-12,17H,3-9H2,1-2H3,(H,15,20)(H,18,19). The molecule has 0 aromatic heterocycles. The first kappa shape index (κ1) is 16.8. The molecular formula is C14H26N2O4. The van der Waals surface area contributed by atoms with Crippen LogP contribution in [0.4, 0.5) is 4.79 Å². The lowest BCUT2D eigenvalue weighted by atomic mass is 9.95. The van der Waals surface area contributed by atoms with Gasteiger partial charge in [-0.3, -0.25) is 0 Å². The van der Waals surface area contributed by atoms with Crippen LogP contribution >= 0.6 is 0 Å². The fourth-order valence-corrected chi connectivity index (χ4v) is 2.58. The number of piperidine rings is 1. The predicted octanol–water partition coefficient (Wildman–Crippen LogP) is 1.29. The molecule has 1 saturated heterocycles. The normalized spacial score (nSPS) is 22.1. The second-order valence-electron chi connectivity index (χ2n) is 5.62. The third-order valence-electron chi connectivity index (χ3n) is 4.10. The van der Waals surface area contributed by atoms with Crippen molar-refractivity contribution < 1.29 is 19.8 Å². The highest BCUT2D eigenvalue weighted by molar-refractivity contribution is 5.82. The summed E-state index contributed by atoms with van der Waals surface area (Å²) in [6, 6.07) is -1.15. The van der Waals surface area contributed by atoms with E-state index in [2.05, 4.69) is 5.32 Å². The van der Waals surface area contributed by atoms with Gasteiger partial charge in [-0.2, -0.15) is 0 Å².